The molecular weight excluding hydrogens is 306 g/mol. The van der Waals surface area contributed by atoms with Gasteiger partial charge in [0.15, 0.2) is 0 Å². The highest BCUT2D eigenvalue weighted by Crippen LogP contribution is 2.48. The highest BCUT2D eigenvalue weighted by atomic mass is 35.5. The topological polar surface area (TPSA) is 63.3 Å². The largest absolute Gasteiger partial charge is 0.480 e. The molecule has 0 amide bonds. The van der Waals surface area contributed by atoms with E-state index in [4.69, 9.17) is 10.8 Å². The smallest absolute Gasteiger partial charge is 0.321 e. The molecule has 0 bridgehead atoms. The molecule has 1 rings (SSSR count). The molecule has 0 aliphatic rings. The molecular formula is C16H26ClNO2S. The quantitative estimate of drug-likeness (QED) is 0.798. The molecule has 0 aromatic heterocycles. The van der Waals surface area contributed by atoms with E-state index in [0.717, 1.165) is 0 Å². The summed E-state index contributed by atoms with van der Waals surface area (Å²) in [5.41, 5.74) is 6.92. The summed E-state index contributed by atoms with van der Waals surface area (Å²) < 4.78 is -0.117. The summed E-state index contributed by atoms with van der Waals surface area (Å²) in [7, 11) is 0. The van der Waals surface area contributed by atoms with E-state index in [0.29, 0.717) is 17.6 Å². The second kappa shape index (κ2) is 8.66. The van der Waals surface area contributed by atoms with Crippen molar-refractivity contribution in [1.82, 2.24) is 0 Å². The van der Waals surface area contributed by atoms with E-state index in [-0.39, 0.29) is 17.2 Å². The average molecular weight is 332 g/mol. The Kier molecular flexibility index (Phi) is 8.37. The van der Waals surface area contributed by atoms with E-state index < -0.39 is 12.0 Å². The van der Waals surface area contributed by atoms with Crippen molar-refractivity contribution in [1.29, 1.82) is 0 Å². The highest BCUT2D eigenvalue weighted by Gasteiger charge is 2.40. The number of halogens is 1. The first-order chi connectivity index (χ1) is 9.32. The number of hydrogen-bond donors (Lipinski definition) is 2. The third-order valence-corrected chi connectivity index (χ3v) is 5.94. The Hall–Kier alpha value is -0.710. The van der Waals surface area contributed by atoms with E-state index in [9.17, 15) is 4.79 Å². The van der Waals surface area contributed by atoms with Gasteiger partial charge in [-0.25, -0.2) is 0 Å². The van der Waals surface area contributed by atoms with Crippen molar-refractivity contribution in [3.8, 4) is 0 Å². The van der Waals surface area contributed by atoms with Crippen molar-refractivity contribution in [2.24, 2.45) is 17.6 Å². The van der Waals surface area contributed by atoms with E-state index in [1.54, 1.807) is 11.8 Å². The van der Waals surface area contributed by atoms with E-state index >= 15 is 0 Å². The maximum atomic E-state index is 11.0. The summed E-state index contributed by atoms with van der Waals surface area (Å²) in [4.78, 5) is 11.0. The summed E-state index contributed by atoms with van der Waals surface area (Å²) in [6.45, 7) is 8.75. The minimum absolute atomic E-state index is 0. The lowest BCUT2D eigenvalue weighted by atomic mass is 9.79. The van der Waals surface area contributed by atoms with Gasteiger partial charge in [-0.3, -0.25) is 4.79 Å². The number of carboxylic acid groups (broad SMARTS) is 1. The van der Waals surface area contributed by atoms with Gasteiger partial charge >= 0.3 is 5.97 Å². The molecule has 0 aliphatic heterocycles. The number of thioether (sulfide) groups is 1. The fraction of sp³-hybridized carbons (Fsp3) is 0.562. The third-order valence-electron chi connectivity index (χ3n) is 3.76. The molecule has 3 N–H and O–H groups in total. The standard InChI is InChI=1S/C16H25NO2S.ClH/c1-11(2)16(12(3)4,13-8-6-5-7-9-13)20-10-14(17)15(18)19;/h5-9,11-12,14H,10,17H2,1-4H3,(H,18,19);1H/t14-;/m0./s1. The minimum Gasteiger partial charge on any atom is -0.480 e. The monoisotopic (exact) mass is 331 g/mol. The van der Waals surface area contributed by atoms with Crippen molar-refractivity contribution in [2.75, 3.05) is 5.75 Å². The average Bonchev–Trinajstić information content (AvgIpc) is 2.39. The van der Waals surface area contributed by atoms with Crippen LogP contribution in [0, 0.1) is 11.8 Å². The van der Waals surface area contributed by atoms with Gasteiger partial charge in [0.05, 0.1) is 0 Å². The molecule has 0 saturated heterocycles. The van der Waals surface area contributed by atoms with E-state index in [1.807, 2.05) is 18.2 Å². The van der Waals surface area contributed by atoms with Crippen LogP contribution in [0.5, 0.6) is 0 Å². The molecule has 1 atom stereocenters. The SMILES string of the molecule is CC(C)C(SC[C@H](N)C(=O)O)(c1ccccc1)C(C)C.Cl. The molecule has 5 heteroatoms. The predicted octanol–water partition coefficient (Wildman–Crippen LogP) is 3.76. The number of aliphatic carboxylic acids is 1. The molecule has 1 aromatic carbocycles. The van der Waals surface area contributed by atoms with Gasteiger partial charge in [0.1, 0.15) is 6.04 Å². The highest BCUT2D eigenvalue weighted by molar-refractivity contribution is 8.00. The summed E-state index contributed by atoms with van der Waals surface area (Å²) in [5.74, 6) is 0.249. The molecule has 0 radical (unpaired) electrons. The van der Waals surface area contributed by atoms with Crippen LogP contribution in [-0.2, 0) is 9.54 Å². The zero-order valence-corrected chi connectivity index (χ0v) is 14.7. The summed E-state index contributed by atoms with van der Waals surface area (Å²) in [6.07, 6.45) is 0. The van der Waals surface area contributed by atoms with Crippen LogP contribution >= 0.6 is 24.2 Å². The Bertz CT molecular complexity index is 429. The fourth-order valence-corrected chi connectivity index (χ4v) is 4.31. The number of benzene rings is 1. The van der Waals surface area contributed by atoms with Crippen molar-refractivity contribution in [3.05, 3.63) is 35.9 Å². The molecule has 3 nitrogen and oxygen atoms in total. The van der Waals surface area contributed by atoms with Crippen molar-refractivity contribution in [2.45, 2.75) is 38.5 Å². The Morgan fingerprint density at radius 3 is 2.05 bits per heavy atom. The molecule has 0 aliphatic carbocycles. The fourth-order valence-electron chi connectivity index (χ4n) is 2.75. The van der Waals surface area contributed by atoms with Crippen molar-refractivity contribution < 1.29 is 9.90 Å². The lowest BCUT2D eigenvalue weighted by Gasteiger charge is -2.42. The first-order valence-electron chi connectivity index (χ1n) is 7.00. The summed E-state index contributed by atoms with van der Waals surface area (Å²) in [5, 5.41) is 8.99. The molecule has 21 heavy (non-hydrogen) atoms. The van der Waals surface area contributed by atoms with Gasteiger partial charge in [-0.05, 0) is 17.4 Å². The number of carbonyl (C=O) groups is 1. The number of nitrogens with two attached hydrogens (primary N) is 1. The molecule has 0 unspecified atom stereocenters. The van der Waals surface area contributed by atoms with Crippen LogP contribution in [0.1, 0.15) is 33.3 Å². The van der Waals surface area contributed by atoms with Gasteiger partial charge in [-0.2, -0.15) is 0 Å². The lowest BCUT2D eigenvalue weighted by molar-refractivity contribution is -0.137. The maximum Gasteiger partial charge on any atom is 0.321 e. The molecule has 0 saturated carbocycles. The zero-order valence-electron chi connectivity index (χ0n) is 13.1. The molecule has 0 fully saturated rings. The number of carboxylic acids is 1. The third kappa shape index (κ3) is 4.63. The van der Waals surface area contributed by atoms with Crippen molar-refractivity contribution in [3.63, 3.8) is 0 Å². The lowest BCUT2D eigenvalue weighted by Crippen LogP contribution is -2.39. The van der Waals surface area contributed by atoms with Gasteiger partial charge in [-0.15, -0.1) is 24.2 Å². The number of hydrogen-bond acceptors (Lipinski definition) is 3. The number of rotatable bonds is 7. The van der Waals surface area contributed by atoms with Gasteiger partial charge < -0.3 is 10.8 Å². The van der Waals surface area contributed by atoms with Crippen LogP contribution in [0.4, 0.5) is 0 Å². The van der Waals surface area contributed by atoms with Crippen LogP contribution < -0.4 is 5.73 Å². The van der Waals surface area contributed by atoms with Crippen LogP contribution in [0.2, 0.25) is 0 Å². The maximum absolute atomic E-state index is 11.0. The summed E-state index contributed by atoms with van der Waals surface area (Å²) in [6, 6.07) is 9.50. The molecule has 0 spiro atoms. The van der Waals surface area contributed by atoms with Gasteiger partial charge in [0.2, 0.25) is 0 Å². The van der Waals surface area contributed by atoms with Crippen molar-refractivity contribution >= 4 is 30.1 Å². The van der Waals surface area contributed by atoms with Crippen LogP contribution in [0.15, 0.2) is 30.3 Å². The Morgan fingerprint density at radius 1 is 1.19 bits per heavy atom. The normalized spacial score (nSPS) is 13.1. The Balaban J connectivity index is 0.00000400. The van der Waals surface area contributed by atoms with Gasteiger partial charge in [-0.1, -0.05) is 58.0 Å². The first kappa shape index (κ1) is 20.3. The Morgan fingerprint density at radius 2 is 1.67 bits per heavy atom. The van der Waals surface area contributed by atoms with E-state index in [1.165, 1.54) is 5.56 Å². The minimum atomic E-state index is -0.938. The molecule has 120 valence electrons. The molecule has 1 aromatic rings. The van der Waals surface area contributed by atoms with Crippen LogP contribution in [0.25, 0.3) is 0 Å². The van der Waals surface area contributed by atoms with E-state index in [2.05, 4.69) is 39.8 Å². The zero-order chi connectivity index (χ0) is 15.3. The second-order valence-electron chi connectivity index (χ2n) is 5.72. The predicted molar refractivity (Wildman–Crippen MR) is 93.1 cm³/mol. The summed E-state index contributed by atoms with van der Waals surface area (Å²) >= 11 is 1.67. The van der Waals surface area contributed by atoms with Gasteiger partial charge in [0, 0.05) is 10.5 Å². The molecule has 0 heterocycles. The van der Waals surface area contributed by atoms with Crippen LogP contribution in [-0.4, -0.2) is 22.9 Å². The Labute approximate surface area is 138 Å². The van der Waals surface area contributed by atoms with Gasteiger partial charge in [0.25, 0.3) is 0 Å². The van der Waals surface area contributed by atoms with Crippen LogP contribution in [0.3, 0.4) is 0 Å². The first-order valence-corrected chi connectivity index (χ1v) is 7.98. The second-order valence-corrected chi connectivity index (χ2v) is 7.02.